The second-order valence-corrected chi connectivity index (χ2v) is 13.0. The van der Waals surface area contributed by atoms with Gasteiger partial charge in [-0.3, -0.25) is 14.4 Å². The number of unbranched alkanes of at least 4 members (excludes halogenated alkanes) is 2. The molecule has 0 heterocycles. The van der Waals surface area contributed by atoms with Gasteiger partial charge in [-0.25, -0.2) is 0 Å². The summed E-state index contributed by atoms with van der Waals surface area (Å²) in [4.78, 5) is 38.9. The number of hydrogen-bond donors (Lipinski definition) is 0. The van der Waals surface area contributed by atoms with Crippen LogP contribution in [0.3, 0.4) is 0 Å². The lowest BCUT2D eigenvalue weighted by atomic mass is 10.0. The maximum atomic E-state index is 12.8. The van der Waals surface area contributed by atoms with Crippen molar-refractivity contribution >= 4 is 31.8 Å². The Hall–Kier alpha value is -2.35. The van der Waals surface area contributed by atoms with E-state index in [1.54, 1.807) is 13.8 Å². The molecule has 0 aliphatic heterocycles. The molecule has 0 rings (SSSR count). The molecule has 0 aliphatic carbocycles. The molecule has 1 atom stereocenters. The maximum Gasteiger partial charge on any atom is 0.335 e. The zero-order valence-corrected chi connectivity index (χ0v) is 23.2. The minimum atomic E-state index is -1.99. The number of allylic oxidation sites excluding steroid dienone is 3. The minimum Gasteiger partial charge on any atom is -0.466 e. The van der Waals surface area contributed by atoms with Crippen LogP contribution >= 0.6 is 0 Å². The average Bonchev–Trinajstić information content (AvgIpc) is 2.84. The quantitative estimate of drug-likeness (QED) is 0.0403. The van der Waals surface area contributed by atoms with Gasteiger partial charge in [-0.05, 0) is 51.2 Å². The number of nitrogens with zero attached hydrogens (tertiary/aromatic N) is 2. The highest BCUT2D eigenvalue weighted by atomic mass is 28.4. The Kier molecular flexibility index (Phi) is 18.6. The van der Waals surface area contributed by atoms with E-state index in [4.69, 9.17) is 13.9 Å². The van der Waals surface area contributed by atoms with Gasteiger partial charge in [-0.15, -0.1) is 0 Å². The number of ketones is 1. The van der Waals surface area contributed by atoms with E-state index in [0.29, 0.717) is 13.0 Å². The van der Waals surface area contributed by atoms with Crippen LogP contribution in [0.5, 0.6) is 0 Å². The van der Waals surface area contributed by atoms with Crippen LogP contribution in [-0.2, 0) is 28.3 Å². The molecule has 35 heavy (non-hydrogen) atoms. The molecule has 0 aliphatic rings. The van der Waals surface area contributed by atoms with Crippen LogP contribution < -0.4 is 0 Å². The van der Waals surface area contributed by atoms with Crippen molar-refractivity contribution in [3.63, 3.8) is 0 Å². The van der Waals surface area contributed by atoms with E-state index in [0.717, 1.165) is 37.4 Å². The van der Waals surface area contributed by atoms with Crippen molar-refractivity contribution in [2.24, 2.45) is 0 Å². The summed E-state index contributed by atoms with van der Waals surface area (Å²) in [6.07, 6.45) is 10.2. The summed E-state index contributed by atoms with van der Waals surface area (Å²) in [5, 5.41) is 0. The summed E-state index contributed by atoms with van der Waals surface area (Å²) in [5.41, 5.74) is 9.28. The molecule has 0 radical (unpaired) electrons. The molecular formula is C26H44N2O6Si. The van der Waals surface area contributed by atoms with Crippen molar-refractivity contribution in [1.82, 2.24) is 0 Å². The fourth-order valence-electron chi connectivity index (χ4n) is 3.60. The third-order valence-electron chi connectivity index (χ3n) is 5.91. The molecule has 0 fully saturated rings. The zero-order valence-electron chi connectivity index (χ0n) is 22.2. The van der Waals surface area contributed by atoms with Gasteiger partial charge in [0, 0.05) is 12.8 Å². The summed E-state index contributed by atoms with van der Waals surface area (Å²) >= 11 is 0. The number of rotatable bonds is 20. The van der Waals surface area contributed by atoms with Gasteiger partial charge in [0.05, 0.1) is 32.2 Å². The van der Waals surface area contributed by atoms with E-state index in [2.05, 4.69) is 25.6 Å². The van der Waals surface area contributed by atoms with Crippen LogP contribution in [0.4, 0.5) is 0 Å². The average molecular weight is 509 g/mol. The molecule has 0 aromatic heterocycles. The van der Waals surface area contributed by atoms with E-state index >= 15 is 0 Å². The highest BCUT2D eigenvalue weighted by molar-refractivity contribution is 6.73. The van der Waals surface area contributed by atoms with Crippen LogP contribution in [0.2, 0.25) is 18.1 Å². The maximum absolute atomic E-state index is 12.8. The van der Waals surface area contributed by atoms with Gasteiger partial charge in [0.1, 0.15) is 0 Å². The predicted octanol–water partition coefficient (Wildman–Crippen LogP) is 5.59. The minimum absolute atomic E-state index is 0.0171. The van der Waals surface area contributed by atoms with Crippen molar-refractivity contribution in [3.05, 3.63) is 29.8 Å². The molecule has 0 amide bonds. The third kappa shape index (κ3) is 14.6. The monoisotopic (exact) mass is 508 g/mol. The first-order valence-electron chi connectivity index (χ1n) is 12.9. The summed E-state index contributed by atoms with van der Waals surface area (Å²) in [5.74, 6) is -0.944. The first kappa shape index (κ1) is 32.6. The number of esters is 2. The van der Waals surface area contributed by atoms with Crippen molar-refractivity contribution in [2.45, 2.75) is 104 Å². The molecule has 8 nitrogen and oxygen atoms in total. The highest BCUT2D eigenvalue weighted by Gasteiger charge is 2.33. The van der Waals surface area contributed by atoms with Crippen LogP contribution in [0.15, 0.2) is 24.3 Å². The Morgan fingerprint density at radius 3 is 2.00 bits per heavy atom. The Balaban J connectivity index is 5.10. The molecule has 0 aromatic carbocycles. The molecule has 0 saturated heterocycles. The highest BCUT2D eigenvalue weighted by Crippen LogP contribution is 2.25. The number of hydrogen-bond acceptors (Lipinski definition) is 6. The molecule has 0 aromatic rings. The van der Waals surface area contributed by atoms with Crippen LogP contribution in [0.25, 0.3) is 5.53 Å². The zero-order chi connectivity index (χ0) is 26.5. The Morgan fingerprint density at radius 2 is 1.46 bits per heavy atom. The Labute approximate surface area is 211 Å². The lowest BCUT2D eigenvalue weighted by molar-refractivity contribution is -0.144. The molecule has 9 heteroatoms. The van der Waals surface area contributed by atoms with Crippen molar-refractivity contribution < 1.29 is 33.1 Å². The summed E-state index contributed by atoms with van der Waals surface area (Å²) < 4.78 is 16.3. The third-order valence-corrected chi connectivity index (χ3v) is 10.6. The van der Waals surface area contributed by atoms with Gasteiger partial charge in [0.2, 0.25) is 5.78 Å². The van der Waals surface area contributed by atoms with E-state index < -0.39 is 20.4 Å². The lowest BCUT2D eigenvalue weighted by Crippen LogP contribution is -2.40. The fraction of sp³-hybridized carbons (Fsp3) is 0.692. The van der Waals surface area contributed by atoms with Crippen LogP contribution in [0.1, 0.15) is 79.6 Å². The van der Waals surface area contributed by atoms with Gasteiger partial charge < -0.3 is 19.4 Å². The Morgan fingerprint density at radius 1 is 0.857 bits per heavy atom. The van der Waals surface area contributed by atoms with Gasteiger partial charge in [0.15, 0.2) is 8.32 Å². The largest absolute Gasteiger partial charge is 0.466 e. The van der Waals surface area contributed by atoms with Crippen molar-refractivity contribution in [3.8, 4) is 0 Å². The molecular weight excluding hydrogens is 464 g/mol. The second kappa shape index (κ2) is 19.9. The summed E-state index contributed by atoms with van der Waals surface area (Å²) in [6.45, 7) is 10.5. The normalized spacial score (nSPS) is 12.5. The van der Waals surface area contributed by atoms with Crippen molar-refractivity contribution in [2.75, 3.05) is 13.2 Å². The van der Waals surface area contributed by atoms with E-state index in [9.17, 15) is 19.9 Å². The first-order chi connectivity index (χ1) is 16.8. The molecule has 0 saturated carbocycles. The van der Waals surface area contributed by atoms with E-state index in [1.165, 1.54) is 0 Å². The predicted molar refractivity (Wildman–Crippen MR) is 140 cm³/mol. The van der Waals surface area contributed by atoms with E-state index in [-0.39, 0.29) is 43.3 Å². The SMILES string of the molecule is CCOC(=O)CCCC/C=C\C=C\[C@@H](CC(=O)C(CCC(=O)OCC)=[N+]=[N-])O[Si](CC)(CC)CC. The van der Waals surface area contributed by atoms with Gasteiger partial charge in [0.25, 0.3) is 0 Å². The standard InChI is InChI=1S/C26H44N2O6Si/c1-6-32-25(30)18-16-14-12-11-13-15-17-22(34-35(8-3,9-4)10-5)21-24(29)23(28-27)19-20-26(31)33-7-2/h11,13,15,17,22H,6-10,12,14,16,18-21H2,1-5H3/b13-11-,17-15+/t22-/m0/s1. The molecule has 0 N–H and O–H groups in total. The van der Waals surface area contributed by atoms with Crippen LogP contribution in [0, 0.1) is 0 Å². The summed E-state index contributed by atoms with van der Waals surface area (Å²) in [7, 11) is -1.99. The van der Waals surface area contributed by atoms with Crippen molar-refractivity contribution in [1.29, 1.82) is 0 Å². The Bertz CT molecular complexity index is 747. The number of Topliss-reactive ketones (excluding diaryl/α,β-unsaturated/α-hetero) is 1. The fourth-order valence-corrected chi connectivity index (χ4v) is 6.40. The molecule has 0 unspecified atom stereocenters. The van der Waals surface area contributed by atoms with Gasteiger partial charge >= 0.3 is 17.7 Å². The number of carbonyl (C=O) groups excluding carboxylic acids is 3. The number of ether oxygens (including phenoxy) is 2. The van der Waals surface area contributed by atoms with Gasteiger partial charge in [-0.2, -0.15) is 4.79 Å². The lowest BCUT2D eigenvalue weighted by Gasteiger charge is -2.31. The van der Waals surface area contributed by atoms with E-state index in [1.807, 2.05) is 24.3 Å². The molecule has 0 bridgehead atoms. The molecule has 198 valence electrons. The number of carbonyl (C=O) groups is 3. The second-order valence-electron chi connectivity index (χ2n) is 8.24. The smallest absolute Gasteiger partial charge is 0.335 e. The van der Waals surface area contributed by atoms with Gasteiger partial charge in [-0.1, -0.05) is 45.1 Å². The molecule has 0 spiro atoms. The topological polar surface area (TPSA) is 115 Å². The van der Waals surface area contributed by atoms with Crippen LogP contribution in [-0.4, -0.2) is 55.9 Å². The summed E-state index contributed by atoms with van der Waals surface area (Å²) in [6, 6.07) is 2.83. The first-order valence-corrected chi connectivity index (χ1v) is 15.4.